The molecule has 0 bridgehead atoms. The number of nitrogens with one attached hydrogen (secondary N) is 1. The van der Waals surface area contributed by atoms with Crippen molar-refractivity contribution in [3.05, 3.63) is 29.8 Å². The van der Waals surface area contributed by atoms with Gasteiger partial charge in [0.25, 0.3) is 5.91 Å². The Morgan fingerprint density at radius 1 is 1.20 bits per heavy atom. The number of ether oxygens (including phenoxy) is 1. The van der Waals surface area contributed by atoms with E-state index in [9.17, 15) is 4.79 Å². The molecule has 0 saturated carbocycles. The Labute approximate surface area is 121 Å². The minimum absolute atomic E-state index is 0.359. The molecule has 0 aliphatic carbocycles. The monoisotopic (exact) mass is 279 g/mol. The first-order valence-corrected chi connectivity index (χ1v) is 7.32. The number of carbonyl (C=O) groups is 1. The Balaban J connectivity index is 2.91. The van der Waals surface area contributed by atoms with Crippen molar-refractivity contribution >= 4 is 5.91 Å². The van der Waals surface area contributed by atoms with Crippen molar-refractivity contribution in [2.45, 2.75) is 51.9 Å². The van der Waals surface area contributed by atoms with Crippen molar-refractivity contribution in [3.63, 3.8) is 0 Å². The van der Waals surface area contributed by atoms with Gasteiger partial charge in [-0.3, -0.25) is 10.0 Å². The molecule has 0 aromatic heterocycles. The van der Waals surface area contributed by atoms with E-state index >= 15 is 0 Å². The number of amides is 1. The van der Waals surface area contributed by atoms with Gasteiger partial charge in [-0.2, -0.15) is 0 Å². The Bertz CT molecular complexity index is 410. The van der Waals surface area contributed by atoms with Crippen LogP contribution in [0.2, 0.25) is 0 Å². The molecule has 1 aromatic carbocycles. The highest BCUT2D eigenvalue weighted by molar-refractivity contribution is 5.87. The molecule has 0 atom stereocenters. The normalized spacial score (nSPS) is 11.2. The summed E-state index contributed by atoms with van der Waals surface area (Å²) in [5, 5.41) is 8.97. The van der Waals surface area contributed by atoms with Crippen LogP contribution in [0.15, 0.2) is 24.3 Å². The summed E-state index contributed by atoms with van der Waals surface area (Å²) in [6.45, 7) is 6.73. The van der Waals surface area contributed by atoms with Gasteiger partial charge in [-0.05, 0) is 37.0 Å². The van der Waals surface area contributed by atoms with Gasteiger partial charge in [0.1, 0.15) is 5.75 Å². The SMILES string of the molecule is CCCCOc1ccc(C(CC)(CC)C(=O)NO)cc1. The molecular weight excluding hydrogens is 254 g/mol. The van der Waals surface area contributed by atoms with Gasteiger partial charge in [0, 0.05) is 0 Å². The van der Waals surface area contributed by atoms with E-state index in [0.29, 0.717) is 19.4 Å². The summed E-state index contributed by atoms with van der Waals surface area (Å²) in [5.74, 6) is 0.454. The third-order valence-electron chi connectivity index (χ3n) is 3.92. The first kappa shape index (κ1) is 16.5. The Hall–Kier alpha value is -1.55. The summed E-state index contributed by atoms with van der Waals surface area (Å²) >= 11 is 0. The number of hydroxylamine groups is 1. The minimum Gasteiger partial charge on any atom is -0.494 e. The molecule has 20 heavy (non-hydrogen) atoms. The highest BCUT2D eigenvalue weighted by Crippen LogP contribution is 2.33. The second kappa shape index (κ2) is 7.90. The summed E-state index contributed by atoms with van der Waals surface area (Å²) in [6, 6.07) is 7.58. The van der Waals surface area contributed by atoms with Crippen LogP contribution in [-0.4, -0.2) is 17.7 Å². The largest absolute Gasteiger partial charge is 0.494 e. The predicted octanol–water partition coefficient (Wildman–Crippen LogP) is 3.43. The molecule has 4 nitrogen and oxygen atoms in total. The summed E-state index contributed by atoms with van der Waals surface area (Å²) < 4.78 is 5.62. The molecule has 112 valence electrons. The highest BCUT2D eigenvalue weighted by Gasteiger charge is 2.36. The zero-order valence-electron chi connectivity index (χ0n) is 12.6. The van der Waals surface area contributed by atoms with Crippen LogP contribution in [0.25, 0.3) is 0 Å². The lowest BCUT2D eigenvalue weighted by atomic mass is 9.75. The summed E-state index contributed by atoms with van der Waals surface area (Å²) in [6.07, 6.45) is 3.39. The number of rotatable bonds is 8. The van der Waals surface area contributed by atoms with Gasteiger partial charge in [0.05, 0.1) is 12.0 Å². The lowest BCUT2D eigenvalue weighted by Crippen LogP contribution is -2.42. The maximum atomic E-state index is 12.0. The average Bonchev–Trinajstić information content (AvgIpc) is 2.50. The van der Waals surface area contributed by atoms with Crippen molar-refractivity contribution in [2.75, 3.05) is 6.61 Å². The fraction of sp³-hybridized carbons (Fsp3) is 0.562. The van der Waals surface area contributed by atoms with Gasteiger partial charge >= 0.3 is 0 Å². The van der Waals surface area contributed by atoms with Gasteiger partial charge in [-0.15, -0.1) is 0 Å². The van der Waals surface area contributed by atoms with Gasteiger partial charge in [0.2, 0.25) is 0 Å². The quantitative estimate of drug-likeness (QED) is 0.435. The molecule has 4 heteroatoms. The second-order valence-electron chi connectivity index (χ2n) is 4.96. The zero-order valence-corrected chi connectivity index (χ0v) is 12.6. The van der Waals surface area contributed by atoms with Crippen LogP contribution in [-0.2, 0) is 10.2 Å². The molecule has 0 heterocycles. The molecule has 2 N–H and O–H groups in total. The zero-order chi connectivity index (χ0) is 15.0. The maximum absolute atomic E-state index is 12.0. The highest BCUT2D eigenvalue weighted by atomic mass is 16.5. The van der Waals surface area contributed by atoms with E-state index < -0.39 is 5.41 Å². The summed E-state index contributed by atoms with van der Waals surface area (Å²) in [5.41, 5.74) is 2.01. The average molecular weight is 279 g/mol. The smallest absolute Gasteiger partial charge is 0.253 e. The van der Waals surface area contributed by atoms with Gasteiger partial charge in [-0.25, -0.2) is 5.48 Å². The van der Waals surface area contributed by atoms with Crippen LogP contribution in [0, 0.1) is 0 Å². The first-order valence-electron chi connectivity index (χ1n) is 7.32. The van der Waals surface area contributed by atoms with Crippen LogP contribution >= 0.6 is 0 Å². The molecule has 1 aromatic rings. The Morgan fingerprint density at radius 2 is 1.80 bits per heavy atom. The molecule has 0 spiro atoms. The van der Waals surface area contributed by atoms with E-state index in [-0.39, 0.29) is 5.91 Å². The number of benzene rings is 1. The maximum Gasteiger partial charge on any atom is 0.253 e. The van der Waals surface area contributed by atoms with E-state index in [1.807, 2.05) is 38.1 Å². The van der Waals surface area contributed by atoms with E-state index in [2.05, 4.69) is 6.92 Å². The lowest BCUT2D eigenvalue weighted by Gasteiger charge is -2.29. The molecule has 0 saturated heterocycles. The van der Waals surface area contributed by atoms with E-state index in [4.69, 9.17) is 9.94 Å². The topological polar surface area (TPSA) is 58.6 Å². The molecule has 0 fully saturated rings. The number of unbranched alkanes of at least 4 members (excludes halogenated alkanes) is 1. The van der Waals surface area contributed by atoms with E-state index in [1.165, 1.54) is 0 Å². The van der Waals surface area contributed by atoms with Crippen LogP contribution in [0.5, 0.6) is 5.75 Å². The van der Waals surface area contributed by atoms with Gasteiger partial charge < -0.3 is 4.74 Å². The molecule has 0 aliphatic rings. The molecule has 0 radical (unpaired) electrons. The van der Waals surface area contributed by atoms with Gasteiger partial charge in [-0.1, -0.05) is 39.3 Å². The summed E-state index contributed by atoms with van der Waals surface area (Å²) in [4.78, 5) is 12.0. The number of hydrogen-bond donors (Lipinski definition) is 2. The Morgan fingerprint density at radius 3 is 2.25 bits per heavy atom. The van der Waals surface area contributed by atoms with E-state index in [0.717, 1.165) is 24.2 Å². The van der Waals surface area contributed by atoms with E-state index in [1.54, 1.807) is 5.48 Å². The first-order chi connectivity index (χ1) is 9.64. The molecule has 0 unspecified atom stereocenters. The van der Waals surface area contributed by atoms with Crippen LogP contribution < -0.4 is 10.2 Å². The molecule has 1 rings (SSSR count). The predicted molar refractivity (Wildman–Crippen MR) is 79.0 cm³/mol. The fourth-order valence-corrected chi connectivity index (χ4v) is 2.42. The van der Waals surface area contributed by atoms with Crippen LogP contribution in [0.3, 0.4) is 0 Å². The number of carbonyl (C=O) groups excluding carboxylic acids is 1. The Kier molecular flexibility index (Phi) is 6.52. The molecular formula is C16H25NO3. The minimum atomic E-state index is -0.684. The van der Waals surface area contributed by atoms with Crippen LogP contribution in [0.4, 0.5) is 0 Å². The fourth-order valence-electron chi connectivity index (χ4n) is 2.42. The van der Waals surface area contributed by atoms with Crippen LogP contribution in [0.1, 0.15) is 52.0 Å². The van der Waals surface area contributed by atoms with Crippen molar-refractivity contribution < 1.29 is 14.7 Å². The van der Waals surface area contributed by atoms with Crippen molar-refractivity contribution in [1.29, 1.82) is 0 Å². The van der Waals surface area contributed by atoms with Gasteiger partial charge in [0.15, 0.2) is 0 Å². The van der Waals surface area contributed by atoms with Crippen molar-refractivity contribution in [3.8, 4) is 5.75 Å². The second-order valence-corrected chi connectivity index (χ2v) is 4.96. The number of hydrogen-bond acceptors (Lipinski definition) is 3. The van der Waals surface area contributed by atoms with Crippen molar-refractivity contribution in [1.82, 2.24) is 5.48 Å². The third kappa shape index (κ3) is 3.51. The third-order valence-corrected chi connectivity index (χ3v) is 3.92. The standard InChI is InChI=1S/C16H25NO3/c1-4-7-12-20-14-10-8-13(9-11-14)16(5-2,6-3)15(18)17-19/h8-11,19H,4-7,12H2,1-3H3,(H,17,18). The molecule has 1 amide bonds. The summed E-state index contributed by atoms with van der Waals surface area (Å²) in [7, 11) is 0. The lowest BCUT2D eigenvalue weighted by molar-refractivity contribution is -0.135. The van der Waals surface area contributed by atoms with Crippen molar-refractivity contribution in [2.24, 2.45) is 0 Å². The molecule has 0 aliphatic heterocycles.